The summed E-state index contributed by atoms with van der Waals surface area (Å²) in [4.78, 5) is 24.4. The van der Waals surface area contributed by atoms with E-state index in [-0.39, 0.29) is 11.7 Å². The molecule has 0 saturated carbocycles. The number of ketones is 1. The van der Waals surface area contributed by atoms with Crippen molar-refractivity contribution >= 4 is 11.7 Å². The first kappa shape index (κ1) is 14.6. The highest BCUT2D eigenvalue weighted by Gasteiger charge is 2.28. The van der Waals surface area contributed by atoms with Gasteiger partial charge < -0.3 is 10.1 Å². The molecular formula is C16H21NO3. The van der Waals surface area contributed by atoms with Crippen molar-refractivity contribution in [1.82, 2.24) is 5.32 Å². The van der Waals surface area contributed by atoms with Crippen LogP contribution < -0.4 is 10.1 Å². The standard InChI is InChI=1S/C16H21NO3/c1-2-10-20-13-7-5-6-12(11-13)15(18)14-8-3-4-9-17-16(14)19/h5-7,11,14H,2-4,8-10H2,1H3,(H,17,19). The van der Waals surface area contributed by atoms with Crippen LogP contribution in [0.25, 0.3) is 0 Å². The molecule has 0 aromatic heterocycles. The monoisotopic (exact) mass is 275 g/mol. The zero-order valence-corrected chi connectivity index (χ0v) is 11.9. The second-order valence-corrected chi connectivity index (χ2v) is 5.08. The maximum Gasteiger partial charge on any atom is 0.230 e. The van der Waals surface area contributed by atoms with Crippen LogP contribution in [-0.4, -0.2) is 24.8 Å². The summed E-state index contributed by atoms with van der Waals surface area (Å²) in [7, 11) is 0. The van der Waals surface area contributed by atoms with Crippen molar-refractivity contribution < 1.29 is 14.3 Å². The first-order chi connectivity index (χ1) is 9.72. The number of amides is 1. The maximum absolute atomic E-state index is 12.5. The molecule has 4 nitrogen and oxygen atoms in total. The normalized spacial score (nSPS) is 19.1. The van der Waals surface area contributed by atoms with Gasteiger partial charge in [0.2, 0.25) is 5.91 Å². The summed E-state index contributed by atoms with van der Waals surface area (Å²) in [5.41, 5.74) is 0.556. The molecule has 1 aromatic carbocycles. The fraction of sp³-hybridized carbons (Fsp3) is 0.500. The largest absolute Gasteiger partial charge is 0.494 e. The minimum atomic E-state index is -0.557. The molecule has 1 aromatic rings. The summed E-state index contributed by atoms with van der Waals surface area (Å²) in [6.07, 6.45) is 3.39. The quantitative estimate of drug-likeness (QED) is 0.663. The number of benzene rings is 1. The molecule has 0 spiro atoms. The number of hydrogen-bond acceptors (Lipinski definition) is 3. The van der Waals surface area contributed by atoms with Gasteiger partial charge in [-0.15, -0.1) is 0 Å². The molecule has 0 bridgehead atoms. The number of Topliss-reactive ketones (excluding diaryl/α,β-unsaturated/α-hetero) is 1. The molecule has 4 heteroatoms. The molecule has 1 unspecified atom stereocenters. The molecule has 108 valence electrons. The zero-order valence-electron chi connectivity index (χ0n) is 11.9. The Kier molecular flexibility index (Phi) is 5.16. The third kappa shape index (κ3) is 3.59. The highest BCUT2D eigenvalue weighted by Crippen LogP contribution is 2.21. The minimum absolute atomic E-state index is 0.105. The van der Waals surface area contributed by atoms with E-state index in [0.717, 1.165) is 19.3 Å². The Morgan fingerprint density at radius 1 is 1.40 bits per heavy atom. The minimum Gasteiger partial charge on any atom is -0.494 e. The summed E-state index contributed by atoms with van der Waals surface area (Å²) < 4.78 is 5.53. The van der Waals surface area contributed by atoms with Crippen molar-refractivity contribution in [2.75, 3.05) is 13.2 Å². The summed E-state index contributed by atoms with van der Waals surface area (Å²) in [6.45, 7) is 3.33. The molecule has 1 aliphatic rings. The van der Waals surface area contributed by atoms with E-state index in [2.05, 4.69) is 5.32 Å². The number of nitrogens with one attached hydrogen (secondary N) is 1. The Hall–Kier alpha value is -1.84. The molecule has 0 radical (unpaired) electrons. The number of carbonyl (C=O) groups is 2. The van der Waals surface area contributed by atoms with E-state index < -0.39 is 5.92 Å². The number of carbonyl (C=O) groups excluding carboxylic acids is 2. The van der Waals surface area contributed by atoms with Crippen LogP contribution in [0.4, 0.5) is 0 Å². The van der Waals surface area contributed by atoms with E-state index >= 15 is 0 Å². The molecule has 1 amide bonds. The van der Waals surface area contributed by atoms with Gasteiger partial charge in [0.25, 0.3) is 0 Å². The Morgan fingerprint density at radius 2 is 2.25 bits per heavy atom. The van der Waals surface area contributed by atoms with Gasteiger partial charge in [0, 0.05) is 12.1 Å². The van der Waals surface area contributed by atoms with Crippen LogP contribution >= 0.6 is 0 Å². The molecule has 2 rings (SSSR count). The van der Waals surface area contributed by atoms with E-state index in [1.807, 2.05) is 13.0 Å². The van der Waals surface area contributed by atoms with Crippen molar-refractivity contribution in [3.05, 3.63) is 29.8 Å². The molecule has 1 fully saturated rings. The van der Waals surface area contributed by atoms with Crippen molar-refractivity contribution in [3.63, 3.8) is 0 Å². The number of ether oxygens (including phenoxy) is 1. The molecule has 1 heterocycles. The van der Waals surface area contributed by atoms with E-state index in [4.69, 9.17) is 4.74 Å². The van der Waals surface area contributed by atoms with Crippen molar-refractivity contribution in [1.29, 1.82) is 0 Å². The van der Waals surface area contributed by atoms with E-state index in [0.29, 0.717) is 30.9 Å². The zero-order chi connectivity index (χ0) is 14.4. The Bertz CT molecular complexity index is 484. The molecule has 0 aliphatic carbocycles. The van der Waals surface area contributed by atoms with Crippen LogP contribution in [0.15, 0.2) is 24.3 Å². The predicted molar refractivity (Wildman–Crippen MR) is 76.9 cm³/mol. The average Bonchev–Trinajstić information content (AvgIpc) is 2.69. The summed E-state index contributed by atoms with van der Waals surface area (Å²) >= 11 is 0. The Morgan fingerprint density at radius 3 is 3.05 bits per heavy atom. The molecule has 1 atom stereocenters. The third-order valence-corrected chi connectivity index (χ3v) is 3.44. The number of rotatable bonds is 5. The van der Waals surface area contributed by atoms with E-state index in [9.17, 15) is 9.59 Å². The lowest BCUT2D eigenvalue weighted by Gasteiger charge is -2.13. The lowest BCUT2D eigenvalue weighted by atomic mass is 9.93. The van der Waals surface area contributed by atoms with Crippen LogP contribution in [0, 0.1) is 5.92 Å². The maximum atomic E-state index is 12.5. The summed E-state index contributed by atoms with van der Waals surface area (Å²) in [6, 6.07) is 7.11. The Labute approximate surface area is 119 Å². The number of hydrogen-bond donors (Lipinski definition) is 1. The molecule has 1 aliphatic heterocycles. The van der Waals surface area contributed by atoms with Crippen LogP contribution in [0.1, 0.15) is 43.0 Å². The second kappa shape index (κ2) is 7.08. The molecule has 20 heavy (non-hydrogen) atoms. The molecule has 1 saturated heterocycles. The molecule has 1 N–H and O–H groups in total. The van der Waals surface area contributed by atoms with Gasteiger partial charge in [-0.05, 0) is 31.4 Å². The third-order valence-electron chi connectivity index (χ3n) is 3.44. The van der Waals surface area contributed by atoms with Gasteiger partial charge in [0.15, 0.2) is 5.78 Å². The van der Waals surface area contributed by atoms with Crippen LogP contribution in [0.2, 0.25) is 0 Å². The van der Waals surface area contributed by atoms with Crippen LogP contribution in [-0.2, 0) is 4.79 Å². The van der Waals surface area contributed by atoms with Gasteiger partial charge >= 0.3 is 0 Å². The first-order valence-corrected chi connectivity index (χ1v) is 7.27. The van der Waals surface area contributed by atoms with Crippen LogP contribution in [0.5, 0.6) is 5.75 Å². The van der Waals surface area contributed by atoms with Gasteiger partial charge in [0.1, 0.15) is 11.7 Å². The lowest BCUT2D eigenvalue weighted by Crippen LogP contribution is -2.33. The van der Waals surface area contributed by atoms with Gasteiger partial charge in [-0.1, -0.05) is 25.5 Å². The Balaban J connectivity index is 2.13. The van der Waals surface area contributed by atoms with Crippen molar-refractivity contribution in [3.8, 4) is 5.75 Å². The fourth-order valence-corrected chi connectivity index (χ4v) is 2.35. The van der Waals surface area contributed by atoms with Gasteiger partial charge in [0.05, 0.1) is 6.61 Å². The summed E-state index contributed by atoms with van der Waals surface area (Å²) in [5.74, 6) is -0.121. The second-order valence-electron chi connectivity index (χ2n) is 5.08. The molecular weight excluding hydrogens is 254 g/mol. The topological polar surface area (TPSA) is 55.4 Å². The van der Waals surface area contributed by atoms with Gasteiger partial charge in [-0.25, -0.2) is 0 Å². The first-order valence-electron chi connectivity index (χ1n) is 7.27. The fourth-order valence-electron chi connectivity index (χ4n) is 2.35. The lowest BCUT2D eigenvalue weighted by molar-refractivity contribution is -0.123. The average molecular weight is 275 g/mol. The van der Waals surface area contributed by atoms with E-state index in [1.165, 1.54) is 0 Å². The highest BCUT2D eigenvalue weighted by molar-refractivity contribution is 6.10. The predicted octanol–water partition coefficient (Wildman–Crippen LogP) is 2.57. The van der Waals surface area contributed by atoms with Crippen LogP contribution in [0.3, 0.4) is 0 Å². The van der Waals surface area contributed by atoms with Crippen molar-refractivity contribution in [2.24, 2.45) is 5.92 Å². The highest BCUT2D eigenvalue weighted by atomic mass is 16.5. The smallest absolute Gasteiger partial charge is 0.230 e. The van der Waals surface area contributed by atoms with Crippen molar-refractivity contribution in [2.45, 2.75) is 32.6 Å². The van der Waals surface area contributed by atoms with Gasteiger partial charge in [-0.2, -0.15) is 0 Å². The summed E-state index contributed by atoms with van der Waals surface area (Å²) in [5, 5.41) is 2.80. The van der Waals surface area contributed by atoms with Gasteiger partial charge in [-0.3, -0.25) is 9.59 Å². The van der Waals surface area contributed by atoms with E-state index in [1.54, 1.807) is 18.2 Å². The SMILES string of the molecule is CCCOc1cccc(C(=O)C2CCCCNC2=O)c1.